The summed E-state index contributed by atoms with van der Waals surface area (Å²) in [5.41, 5.74) is 8.87. The minimum atomic E-state index is 0.796. The van der Waals surface area contributed by atoms with Gasteiger partial charge in [-0.1, -0.05) is 48.5 Å². The van der Waals surface area contributed by atoms with Crippen molar-refractivity contribution in [2.75, 3.05) is 0 Å². The smallest absolute Gasteiger partial charge is 0.142 e. The number of hydrogen-bond donors (Lipinski definition) is 2. The molecule has 0 spiro atoms. The van der Waals surface area contributed by atoms with Gasteiger partial charge in [0.25, 0.3) is 0 Å². The highest BCUT2D eigenvalue weighted by molar-refractivity contribution is 5.93. The molecule has 0 aliphatic heterocycles. The van der Waals surface area contributed by atoms with Gasteiger partial charge >= 0.3 is 0 Å². The third kappa shape index (κ3) is 2.84. The zero-order valence-corrected chi connectivity index (χ0v) is 17.9. The number of aromatic amines is 2. The van der Waals surface area contributed by atoms with Crippen molar-refractivity contribution in [3.8, 4) is 33.9 Å². The number of benzene rings is 3. The molecule has 0 saturated carbocycles. The Hall–Kier alpha value is -4.19. The fraction of sp³-hybridized carbons (Fsp3) is 0.115. The standard InChI is InChI=1S/C26H22N6/c1-3-32-16(2)27-21-15-18(13-14-22(21)32)25-23(24(30-31-25)17-9-5-4-6-10-17)26-28-19-11-7-8-12-20(19)29-26/h4-15H,3H2,1-2H3,(H,28,29)(H,30,31). The van der Waals surface area contributed by atoms with Crippen LogP contribution in [0.1, 0.15) is 12.7 Å². The Morgan fingerprint density at radius 2 is 1.66 bits per heavy atom. The predicted octanol–water partition coefficient (Wildman–Crippen LogP) is 5.97. The van der Waals surface area contributed by atoms with E-state index in [1.54, 1.807) is 0 Å². The van der Waals surface area contributed by atoms with Crippen LogP contribution in [0.25, 0.3) is 56.0 Å². The van der Waals surface area contributed by atoms with Gasteiger partial charge in [-0.2, -0.15) is 5.10 Å². The highest BCUT2D eigenvalue weighted by Crippen LogP contribution is 2.38. The molecule has 0 bridgehead atoms. The summed E-state index contributed by atoms with van der Waals surface area (Å²) >= 11 is 0. The Bertz CT molecular complexity index is 1540. The topological polar surface area (TPSA) is 75.2 Å². The molecule has 0 aliphatic rings. The molecular formula is C26H22N6. The van der Waals surface area contributed by atoms with Gasteiger partial charge in [0.2, 0.25) is 0 Å². The molecule has 6 rings (SSSR count). The van der Waals surface area contributed by atoms with Crippen LogP contribution in [0.3, 0.4) is 0 Å². The molecule has 0 amide bonds. The first-order valence-corrected chi connectivity index (χ1v) is 10.8. The van der Waals surface area contributed by atoms with Gasteiger partial charge in [0, 0.05) is 17.7 Å². The third-order valence-corrected chi connectivity index (χ3v) is 5.98. The van der Waals surface area contributed by atoms with Crippen molar-refractivity contribution in [3.05, 3.63) is 78.6 Å². The number of imidazole rings is 2. The molecule has 3 aromatic carbocycles. The molecule has 6 nitrogen and oxygen atoms in total. The summed E-state index contributed by atoms with van der Waals surface area (Å²) in [6.07, 6.45) is 0. The summed E-state index contributed by atoms with van der Waals surface area (Å²) in [5.74, 6) is 1.81. The Morgan fingerprint density at radius 3 is 2.47 bits per heavy atom. The lowest BCUT2D eigenvalue weighted by molar-refractivity contribution is 0.753. The van der Waals surface area contributed by atoms with Crippen molar-refractivity contribution in [3.63, 3.8) is 0 Å². The largest absolute Gasteiger partial charge is 0.338 e. The van der Waals surface area contributed by atoms with Gasteiger partial charge in [0.1, 0.15) is 17.3 Å². The van der Waals surface area contributed by atoms with Crippen LogP contribution in [0.4, 0.5) is 0 Å². The molecule has 0 unspecified atom stereocenters. The van der Waals surface area contributed by atoms with Crippen molar-refractivity contribution in [2.45, 2.75) is 20.4 Å². The minimum Gasteiger partial charge on any atom is -0.338 e. The van der Waals surface area contributed by atoms with Crippen molar-refractivity contribution in [1.29, 1.82) is 0 Å². The summed E-state index contributed by atoms with van der Waals surface area (Å²) < 4.78 is 2.22. The minimum absolute atomic E-state index is 0.796. The molecule has 6 aromatic rings. The zero-order chi connectivity index (χ0) is 21.7. The third-order valence-electron chi connectivity index (χ3n) is 5.98. The number of H-pyrrole nitrogens is 2. The Labute approximate surface area is 185 Å². The van der Waals surface area contributed by atoms with Gasteiger partial charge in [0.05, 0.1) is 33.3 Å². The van der Waals surface area contributed by atoms with Gasteiger partial charge < -0.3 is 9.55 Å². The lowest BCUT2D eigenvalue weighted by Crippen LogP contribution is -1.96. The van der Waals surface area contributed by atoms with E-state index in [0.717, 1.165) is 68.3 Å². The van der Waals surface area contributed by atoms with E-state index >= 15 is 0 Å². The number of nitrogens with zero attached hydrogens (tertiary/aromatic N) is 4. The number of para-hydroxylation sites is 2. The fourth-order valence-corrected chi connectivity index (χ4v) is 4.46. The van der Waals surface area contributed by atoms with E-state index in [4.69, 9.17) is 15.1 Å². The second-order valence-electron chi connectivity index (χ2n) is 7.90. The summed E-state index contributed by atoms with van der Waals surface area (Å²) in [6, 6.07) is 24.7. The Kier molecular flexibility index (Phi) is 4.18. The van der Waals surface area contributed by atoms with Crippen molar-refractivity contribution in [1.82, 2.24) is 29.7 Å². The highest BCUT2D eigenvalue weighted by atomic mass is 15.1. The van der Waals surface area contributed by atoms with E-state index in [1.807, 2.05) is 49.4 Å². The molecule has 0 radical (unpaired) electrons. The maximum absolute atomic E-state index is 4.89. The molecule has 3 heterocycles. The van der Waals surface area contributed by atoms with Gasteiger partial charge in [0.15, 0.2) is 0 Å². The lowest BCUT2D eigenvalue weighted by atomic mass is 10.0. The number of aryl methyl sites for hydroxylation is 2. The van der Waals surface area contributed by atoms with E-state index in [1.165, 1.54) is 0 Å². The monoisotopic (exact) mass is 418 g/mol. The second kappa shape index (κ2) is 7.20. The average Bonchev–Trinajstić information content (AvgIpc) is 3.52. The number of rotatable bonds is 4. The quantitative estimate of drug-likeness (QED) is 0.371. The van der Waals surface area contributed by atoms with Crippen molar-refractivity contribution in [2.24, 2.45) is 0 Å². The molecule has 32 heavy (non-hydrogen) atoms. The molecule has 2 N–H and O–H groups in total. The van der Waals surface area contributed by atoms with Crippen LogP contribution in [0, 0.1) is 6.92 Å². The van der Waals surface area contributed by atoms with Crippen LogP contribution < -0.4 is 0 Å². The van der Waals surface area contributed by atoms with Gasteiger partial charge in [-0.05, 0) is 38.1 Å². The van der Waals surface area contributed by atoms with Crippen LogP contribution in [0.15, 0.2) is 72.8 Å². The van der Waals surface area contributed by atoms with E-state index in [-0.39, 0.29) is 0 Å². The molecule has 0 atom stereocenters. The van der Waals surface area contributed by atoms with Crippen LogP contribution in [0.5, 0.6) is 0 Å². The maximum atomic E-state index is 4.89. The summed E-state index contributed by atoms with van der Waals surface area (Å²) in [4.78, 5) is 13.1. The van der Waals surface area contributed by atoms with Crippen LogP contribution in [0.2, 0.25) is 0 Å². The number of aromatic nitrogens is 6. The SMILES string of the molecule is CCn1c(C)nc2cc(-c3n[nH]c(-c4ccccc4)c3-c3nc4ccccc4[nH]3)ccc21. The van der Waals surface area contributed by atoms with Crippen LogP contribution >= 0.6 is 0 Å². The van der Waals surface area contributed by atoms with Gasteiger partial charge in [-0.3, -0.25) is 5.10 Å². The maximum Gasteiger partial charge on any atom is 0.142 e. The van der Waals surface area contributed by atoms with E-state index in [0.29, 0.717) is 0 Å². The predicted molar refractivity (Wildman–Crippen MR) is 128 cm³/mol. The molecule has 156 valence electrons. The van der Waals surface area contributed by atoms with E-state index < -0.39 is 0 Å². The van der Waals surface area contributed by atoms with Crippen LogP contribution in [-0.4, -0.2) is 29.7 Å². The van der Waals surface area contributed by atoms with Gasteiger partial charge in [-0.25, -0.2) is 9.97 Å². The normalized spacial score (nSPS) is 11.6. The summed E-state index contributed by atoms with van der Waals surface area (Å²) in [5, 5.41) is 8.02. The van der Waals surface area contributed by atoms with E-state index in [9.17, 15) is 0 Å². The molecular weight excluding hydrogens is 396 g/mol. The van der Waals surface area contributed by atoms with Gasteiger partial charge in [-0.15, -0.1) is 0 Å². The molecule has 6 heteroatoms. The fourth-order valence-electron chi connectivity index (χ4n) is 4.46. The van der Waals surface area contributed by atoms with Crippen LogP contribution in [-0.2, 0) is 6.54 Å². The summed E-state index contributed by atoms with van der Waals surface area (Å²) in [7, 11) is 0. The zero-order valence-electron chi connectivity index (χ0n) is 17.9. The number of nitrogens with one attached hydrogen (secondary N) is 2. The average molecular weight is 419 g/mol. The molecule has 0 saturated heterocycles. The van der Waals surface area contributed by atoms with Crippen molar-refractivity contribution >= 4 is 22.1 Å². The molecule has 0 fully saturated rings. The Balaban J connectivity index is 1.60. The first-order chi connectivity index (χ1) is 15.7. The number of hydrogen-bond acceptors (Lipinski definition) is 3. The molecule has 0 aliphatic carbocycles. The lowest BCUT2D eigenvalue weighted by Gasteiger charge is -2.05. The summed E-state index contributed by atoms with van der Waals surface area (Å²) in [6.45, 7) is 5.08. The first-order valence-electron chi connectivity index (χ1n) is 10.8. The first kappa shape index (κ1) is 18.6. The van der Waals surface area contributed by atoms with E-state index in [2.05, 4.69) is 51.9 Å². The number of fused-ring (bicyclic) bond motifs is 2. The Morgan fingerprint density at radius 1 is 0.844 bits per heavy atom. The van der Waals surface area contributed by atoms with Crippen molar-refractivity contribution < 1.29 is 0 Å². The highest BCUT2D eigenvalue weighted by Gasteiger charge is 2.21. The molecule has 3 aromatic heterocycles. The second-order valence-corrected chi connectivity index (χ2v) is 7.90.